The Bertz CT molecular complexity index is 1540. The van der Waals surface area contributed by atoms with Crippen molar-refractivity contribution in [2.75, 3.05) is 30.3 Å². The fourth-order valence-corrected chi connectivity index (χ4v) is 10.2. The number of nitrogens with zero attached hydrogens (tertiary/aromatic N) is 2. The molecule has 4 rings (SSSR count). The van der Waals surface area contributed by atoms with E-state index in [1.807, 2.05) is 0 Å². The molecule has 319 valence electrons. The summed E-state index contributed by atoms with van der Waals surface area (Å²) in [6.45, 7) is 31.0. The number of hydrogen-bond acceptors (Lipinski definition) is 8. The molecule has 0 unspecified atom stereocenters. The number of aliphatic imine (C=N–C) groups is 1. The Hall–Kier alpha value is -2.23. The van der Waals surface area contributed by atoms with E-state index in [4.69, 9.17) is 31.2 Å². The van der Waals surface area contributed by atoms with Crippen LogP contribution in [0, 0.1) is 0 Å². The van der Waals surface area contributed by atoms with Crippen LogP contribution in [-0.4, -0.2) is 71.6 Å². The molecule has 2 fully saturated rings. The predicted octanol–water partition coefficient (Wildman–Crippen LogP) is 12.3. The second-order valence-corrected chi connectivity index (χ2v) is 20.4. The molecule has 1 radical (unpaired) electrons. The van der Waals surface area contributed by atoms with Crippen molar-refractivity contribution in [1.29, 1.82) is 0 Å². The summed E-state index contributed by atoms with van der Waals surface area (Å²) in [6, 6.07) is 13.5. The number of benzene rings is 2. The van der Waals surface area contributed by atoms with Crippen LogP contribution in [0.5, 0.6) is 0 Å². The molecule has 13 heteroatoms. The van der Waals surface area contributed by atoms with Crippen molar-refractivity contribution in [1.82, 2.24) is 0 Å². The number of rotatable bonds is 12. The Balaban J connectivity index is 0.000000702. The topological polar surface area (TPSA) is 100 Å². The van der Waals surface area contributed by atoms with Crippen LogP contribution in [0.15, 0.2) is 53.2 Å². The third-order valence-corrected chi connectivity index (χ3v) is 13.8. The van der Waals surface area contributed by atoms with Gasteiger partial charge in [0.2, 0.25) is 0 Å². The van der Waals surface area contributed by atoms with Gasteiger partial charge in [0, 0.05) is 26.4 Å². The van der Waals surface area contributed by atoms with Crippen molar-refractivity contribution >= 4 is 42.1 Å². The number of alkyl halides is 3. The smallest absolute Gasteiger partial charge is 0.485 e. The van der Waals surface area contributed by atoms with E-state index in [1.54, 1.807) is 0 Å². The van der Waals surface area contributed by atoms with Gasteiger partial charge in [-0.1, -0.05) is 0 Å². The average Bonchev–Trinajstić information content (AvgIpc) is 3.88. The van der Waals surface area contributed by atoms with Gasteiger partial charge in [0.25, 0.3) is 0 Å². The molecule has 2 aromatic rings. The van der Waals surface area contributed by atoms with Crippen LogP contribution in [0.3, 0.4) is 0 Å². The zero-order chi connectivity index (χ0) is 42.8. The van der Waals surface area contributed by atoms with Crippen LogP contribution >= 0.6 is 0 Å². The van der Waals surface area contributed by atoms with Gasteiger partial charge in [-0.15, -0.1) is 0 Å². The molecule has 2 saturated heterocycles. The maximum absolute atomic E-state index is 10.7. The molecule has 0 amide bonds. The van der Waals surface area contributed by atoms with Crippen molar-refractivity contribution in [3.8, 4) is 0 Å². The monoisotopic (exact) mass is 872 g/mol. The molecular formula is C43H69F3GeN2O6S-. The van der Waals surface area contributed by atoms with Gasteiger partial charge >= 0.3 is 246 Å². The van der Waals surface area contributed by atoms with Gasteiger partial charge < -0.3 is 14.0 Å². The fraction of sp³-hybridized carbons (Fsp3) is 0.651. The first-order valence-corrected chi connectivity index (χ1v) is 25.3. The Morgan fingerprint density at radius 2 is 1.16 bits per heavy atom. The number of para-hydroxylation sites is 2. The first kappa shape index (κ1) is 51.8. The van der Waals surface area contributed by atoms with E-state index in [-0.39, 0.29) is 6.10 Å². The van der Waals surface area contributed by atoms with Crippen LogP contribution in [0.1, 0.15) is 161 Å². The maximum Gasteiger partial charge on any atom is 0.485 e. The van der Waals surface area contributed by atoms with Crippen molar-refractivity contribution in [3.63, 3.8) is 0 Å². The molecule has 1 atom stereocenters. The van der Waals surface area contributed by atoms with Crippen molar-refractivity contribution in [3.05, 3.63) is 70.4 Å². The summed E-state index contributed by atoms with van der Waals surface area (Å²) in [6.07, 6.45) is 8.66. The van der Waals surface area contributed by atoms with E-state index in [1.165, 1.54) is 59.3 Å². The van der Waals surface area contributed by atoms with Gasteiger partial charge in [0.1, 0.15) is 0 Å². The summed E-state index contributed by atoms with van der Waals surface area (Å²) < 4.78 is 78.1. The molecular weight excluding hydrogens is 802 g/mol. The van der Waals surface area contributed by atoms with Crippen molar-refractivity contribution in [2.24, 2.45) is 4.99 Å². The van der Waals surface area contributed by atoms with Gasteiger partial charge in [-0.25, -0.2) is 8.42 Å². The molecule has 2 aliphatic rings. The molecule has 2 heterocycles. The Labute approximate surface area is 342 Å². The SMILES string of the molecule is C1CCOC1.C1CCOC1.CC[C@@H](C)[O][Ge]([CH3])[N](/C(C)=C\C(C)=Nc1c(C(C)C)cccc1C(C)C)c1c(C(C)C)cccc1C(C)C.O=S(=O)([O-])C(F)(F)F. The summed E-state index contributed by atoms with van der Waals surface area (Å²) in [5.74, 6) is 4.05. The molecule has 56 heavy (non-hydrogen) atoms. The van der Waals surface area contributed by atoms with Gasteiger partial charge in [-0.2, -0.15) is 13.2 Å². The van der Waals surface area contributed by atoms with Crippen LogP contribution in [0.25, 0.3) is 0 Å². The molecule has 0 saturated carbocycles. The fourth-order valence-electron chi connectivity index (χ4n) is 6.02. The maximum atomic E-state index is 10.7. The second kappa shape index (κ2) is 25.3. The first-order chi connectivity index (χ1) is 26.0. The minimum atomic E-state index is -6.09. The summed E-state index contributed by atoms with van der Waals surface area (Å²) in [5, 5.41) is 0. The van der Waals surface area contributed by atoms with E-state index >= 15 is 0 Å². The van der Waals surface area contributed by atoms with E-state index in [0.717, 1.165) is 44.2 Å². The van der Waals surface area contributed by atoms with Crippen LogP contribution in [0.4, 0.5) is 24.5 Å². The van der Waals surface area contributed by atoms with Crippen LogP contribution in [0.2, 0.25) is 5.76 Å². The largest absolute Gasteiger partial charge is 0.741 e. The van der Waals surface area contributed by atoms with Gasteiger partial charge in [0.15, 0.2) is 10.1 Å². The Morgan fingerprint density at radius 3 is 1.45 bits per heavy atom. The number of allylic oxidation sites excluding steroid dienone is 2. The van der Waals surface area contributed by atoms with E-state index in [9.17, 15) is 13.2 Å². The normalized spacial score (nSPS) is 15.8. The van der Waals surface area contributed by atoms with Crippen LogP contribution in [-0.2, 0) is 23.4 Å². The minimum absolute atomic E-state index is 0.250. The summed E-state index contributed by atoms with van der Waals surface area (Å²) >= 11 is -2.14. The molecule has 0 N–H and O–H groups in total. The standard InChI is InChI=1S/C34H53GeN2O.2C4H8O.CHF3O3S/c1-14-28(12)38-35(13)37(34-31(24(6)7)19-16-20-32(34)25(8)9)27(11)21-26(10)36-33-29(22(2)3)17-15-18-30(33)23(4)5;2*1-2-4-5-3-1;2-1(3,4)8(5,6)7/h15-25,28H,14H2,1-13H3;2*1-4H2;(H,5,6,7)/p-1/b27-21-,36-26?;;;/t28-;;;/m1.../s1. The van der Waals surface area contributed by atoms with Crippen LogP contribution < -0.4 is 3.86 Å². The third-order valence-electron chi connectivity index (χ3n) is 9.17. The molecule has 2 aromatic carbocycles. The zero-order valence-corrected chi connectivity index (χ0v) is 39.1. The molecule has 0 spiro atoms. The molecule has 8 nitrogen and oxygen atoms in total. The predicted molar refractivity (Wildman–Crippen MR) is 227 cm³/mol. The Kier molecular flexibility index (Phi) is 23.4. The number of hydrogen-bond donors (Lipinski definition) is 0. The summed E-state index contributed by atoms with van der Waals surface area (Å²) in [5.41, 5.74) is 4.51. The Morgan fingerprint density at radius 1 is 0.804 bits per heavy atom. The summed E-state index contributed by atoms with van der Waals surface area (Å²) in [4.78, 5) is 5.26. The van der Waals surface area contributed by atoms with E-state index < -0.39 is 30.5 Å². The van der Waals surface area contributed by atoms with Gasteiger partial charge in [-0.3, -0.25) is 0 Å². The number of ether oxygens (including phenoxy) is 2. The molecule has 0 aliphatic carbocycles. The zero-order valence-electron chi connectivity index (χ0n) is 36.2. The number of halogens is 3. The molecule has 2 aliphatic heterocycles. The van der Waals surface area contributed by atoms with Gasteiger partial charge in [0.05, 0.1) is 0 Å². The minimum Gasteiger partial charge on any atom is -0.741 e. The van der Waals surface area contributed by atoms with E-state index in [2.05, 4.69) is 135 Å². The number of anilines is 1. The molecule has 0 bridgehead atoms. The summed E-state index contributed by atoms with van der Waals surface area (Å²) in [7, 11) is -6.09. The average molecular weight is 872 g/mol. The van der Waals surface area contributed by atoms with Gasteiger partial charge in [-0.05, 0) is 25.7 Å². The van der Waals surface area contributed by atoms with Crippen molar-refractivity contribution in [2.45, 2.75) is 156 Å². The second-order valence-electron chi connectivity index (χ2n) is 15.5. The van der Waals surface area contributed by atoms with E-state index in [0.29, 0.717) is 23.7 Å². The first-order valence-electron chi connectivity index (χ1n) is 20.0. The third kappa shape index (κ3) is 17.7. The quantitative estimate of drug-likeness (QED) is 0.0906. The van der Waals surface area contributed by atoms with Crippen molar-refractivity contribution < 1.29 is 39.4 Å². The molecule has 0 aromatic heterocycles.